The van der Waals surface area contributed by atoms with E-state index in [2.05, 4.69) is 18.4 Å². The zero-order valence-corrected chi connectivity index (χ0v) is 8.10. The van der Waals surface area contributed by atoms with Gasteiger partial charge in [-0.05, 0) is 49.1 Å². The Kier molecular flexibility index (Phi) is 2.20. The van der Waals surface area contributed by atoms with Crippen LogP contribution in [0.25, 0.3) is 0 Å². The monoisotopic (exact) mass is 182 g/mol. The molecule has 0 amide bonds. The molecular weight excluding hydrogens is 168 g/mol. The van der Waals surface area contributed by atoms with Crippen molar-refractivity contribution >= 4 is 11.3 Å². The Morgan fingerprint density at radius 2 is 2.33 bits per heavy atom. The van der Waals surface area contributed by atoms with E-state index in [9.17, 15) is 5.11 Å². The minimum absolute atomic E-state index is 0.0461. The number of aryl methyl sites for hydroxylation is 1. The summed E-state index contributed by atoms with van der Waals surface area (Å²) in [4.78, 5) is 1.38. The second kappa shape index (κ2) is 3.19. The molecule has 2 atom stereocenters. The fraction of sp³-hybridized carbons (Fsp3) is 0.600. The van der Waals surface area contributed by atoms with Crippen molar-refractivity contribution < 1.29 is 5.11 Å². The highest BCUT2D eigenvalue weighted by molar-refractivity contribution is 7.10. The van der Waals surface area contributed by atoms with Gasteiger partial charge in [-0.3, -0.25) is 0 Å². The molecule has 0 aliphatic heterocycles. The number of rotatable bonds is 1. The molecule has 2 heteroatoms. The Labute approximate surface area is 77.0 Å². The molecule has 0 radical (unpaired) electrons. The lowest BCUT2D eigenvalue weighted by atomic mass is 10.0. The maximum atomic E-state index is 9.37. The van der Waals surface area contributed by atoms with Crippen molar-refractivity contribution in [3.8, 4) is 0 Å². The summed E-state index contributed by atoms with van der Waals surface area (Å²) in [5, 5.41) is 11.6. The minimum Gasteiger partial charge on any atom is -0.393 e. The molecule has 1 aliphatic rings. The summed E-state index contributed by atoms with van der Waals surface area (Å²) in [5.74, 6) is 0.630. The lowest BCUT2D eigenvalue weighted by Crippen LogP contribution is -1.98. The van der Waals surface area contributed by atoms with Crippen molar-refractivity contribution in [3.63, 3.8) is 0 Å². The van der Waals surface area contributed by atoms with Gasteiger partial charge < -0.3 is 5.11 Å². The molecule has 1 nitrogen and oxygen atoms in total. The molecule has 66 valence electrons. The summed E-state index contributed by atoms with van der Waals surface area (Å²) >= 11 is 1.81. The van der Waals surface area contributed by atoms with Crippen molar-refractivity contribution in [2.45, 2.75) is 38.2 Å². The van der Waals surface area contributed by atoms with Gasteiger partial charge >= 0.3 is 0 Å². The molecule has 12 heavy (non-hydrogen) atoms. The van der Waals surface area contributed by atoms with Crippen LogP contribution in [0.15, 0.2) is 11.4 Å². The van der Waals surface area contributed by atoms with Crippen molar-refractivity contribution in [1.29, 1.82) is 0 Å². The third kappa shape index (κ3) is 1.54. The van der Waals surface area contributed by atoms with Gasteiger partial charge in [0.15, 0.2) is 0 Å². The number of aliphatic hydroxyl groups is 1. The van der Waals surface area contributed by atoms with Gasteiger partial charge in [-0.25, -0.2) is 0 Å². The van der Waals surface area contributed by atoms with Crippen molar-refractivity contribution in [2.24, 2.45) is 0 Å². The van der Waals surface area contributed by atoms with Crippen LogP contribution < -0.4 is 0 Å². The maximum absolute atomic E-state index is 9.37. The maximum Gasteiger partial charge on any atom is 0.0546 e. The van der Waals surface area contributed by atoms with E-state index in [-0.39, 0.29) is 6.10 Å². The van der Waals surface area contributed by atoms with Crippen molar-refractivity contribution in [2.75, 3.05) is 0 Å². The smallest absolute Gasteiger partial charge is 0.0546 e. The van der Waals surface area contributed by atoms with Gasteiger partial charge in [-0.1, -0.05) is 0 Å². The second-order valence-electron chi connectivity index (χ2n) is 3.65. The summed E-state index contributed by atoms with van der Waals surface area (Å²) in [5.41, 5.74) is 1.44. The zero-order chi connectivity index (χ0) is 8.55. The predicted molar refractivity (Wildman–Crippen MR) is 51.7 cm³/mol. The molecule has 0 spiro atoms. The average Bonchev–Trinajstić information content (AvgIpc) is 2.58. The van der Waals surface area contributed by atoms with Crippen LogP contribution in [0.2, 0.25) is 0 Å². The van der Waals surface area contributed by atoms with E-state index in [1.807, 2.05) is 11.3 Å². The summed E-state index contributed by atoms with van der Waals surface area (Å²) in [6, 6.07) is 2.26. The van der Waals surface area contributed by atoms with E-state index in [0.29, 0.717) is 5.92 Å². The van der Waals surface area contributed by atoms with Gasteiger partial charge in [0.25, 0.3) is 0 Å². The highest BCUT2D eigenvalue weighted by Crippen LogP contribution is 2.36. The first kappa shape index (κ1) is 8.27. The third-order valence-corrected chi connectivity index (χ3v) is 3.51. The lowest BCUT2D eigenvalue weighted by Gasteiger charge is -2.05. The van der Waals surface area contributed by atoms with Crippen LogP contribution in [0.4, 0.5) is 0 Å². The molecule has 1 aromatic heterocycles. The van der Waals surface area contributed by atoms with Crippen LogP contribution in [-0.4, -0.2) is 11.2 Å². The van der Waals surface area contributed by atoms with Crippen LogP contribution in [0.3, 0.4) is 0 Å². The number of hydrogen-bond donors (Lipinski definition) is 1. The second-order valence-corrected chi connectivity index (χ2v) is 4.77. The Hall–Kier alpha value is -0.340. The first-order valence-corrected chi connectivity index (χ1v) is 5.37. The van der Waals surface area contributed by atoms with Crippen LogP contribution in [0.5, 0.6) is 0 Å². The molecule has 0 bridgehead atoms. The first-order chi connectivity index (χ1) is 5.75. The van der Waals surface area contributed by atoms with E-state index in [1.165, 1.54) is 10.4 Å². The van der Waals surface area contributed by atoms with Gasteiger partial charge in [0.1, 0.15) is 0 Å². The molecule has 0 aromatic carbocycles. The Balaban J connectivity index is 2.11. The van der Waals surface area contributed by atoms with Crippen molar-refractivity contribution in [3.05, 3.63) is 21.9 Å². The van der Waals surface area contributed by atoms with Crippen LogP contribution in [0, 0.1) is 6.92 Å². The van der Waals surface area contributed by atoms with Crippen LogP contribution in [-0.2, 0) is 0 Å². The highest BCUT2D eigenvalue weighted by atomic mass is 32.1. The average molecular weight is 182 g/mol. The first-order valence-electron chi connectivity index (χ1n) is 4.49. The largest absolute Gasteiger partial charge is 0.393 e. The summed E-state index contributed by atoms with van der Waals surface area (Å²) in [6.07, 6.45) is 3.07. The number of hydrogen-bond acceptors (Lipinski definition) is 2. The molecule has 1 fully saturated rings. The van der Waals surface area contributed by atoms with Gasteiger partial charge in [-0.15, -0.1) is 11.3 Å². The highest BCUT2D eigenvalue weighted by Gasteiger charge is 2.24. The molecular formula is C10H14OS. The minimum atomic E-state index is -0.0461. The summed E-state index contributed by atoms with van der Waals surface area (Å²) < 4.78 is 0. The van der Waals surface area contributed by atoms with Gasteiger partial charge in [-0.2, -0.15) is 0 Å². The van der Waals surface area contributed by atoms with E-state index in [1.54, 1.807) is 0 Å². The van der Waals surface area contributed by atoms with E-state index in [0.717, 1.165) is 19.3 Å². The molecule has 2 rings (SSSR count). The molecule has 1 N–H and O–H groups in total. The normalized spacial score (nSPS) is 29.5. The molecule has 1 heterocycles. The van der Waals surface area contributed by atoms with E-state index in [4.69, 9.17) is 0 Å². The Morgan fingerprint density at radius 1 is 1.50 bits per heavy atom. The summed E-state index contributed by atoms with van der Waals surface area (Å²) in [6.45, 7) is 2.14. The van der Waals surface area contributed by atoms with E-state index < -0.39 is 0 Å². The third-order valence-electron chi connectivity index (χ3n) is 2.63. The van der Waals surface area contributed by atoms with Gasteiger partial charge in [0, 0.05) is 4.88 Å². The molecule has 1 aromatic rings. The Bertz CT molecular complexity index is 267. The molecule has 1 aliphatic carbocycles. The fourth-order valence-corrected chi connectivity index (χ4v) is 2.72. The summed E-state index contributed by atoms with van der Waals surface area (Å²) in [7, 11) is 0. The topological polar surface area (TPSA) is 20.2 Å². The predicted octanol–water partition coefficient (Wildman–Crippen LogP) is 2.68. The van der Waals surface area contributed by atoms with Gasteiger partial charge in [0.05, 0.1) is 6.10 Å². The van der Waals surface area contributed by atoms with Crippen molar-refractivity contribution in [1.82, 2.24) is 0 Å². The van der Waals surface area contributed by atoms with Crippen LogP contribution in [0.1, 0.15) is 35.6 Å². The Morgan fingerprint density at radius 3 is 2.83 bits per heavy atom. The zero-order valence-electron chi connectivity index (χ0n) is 7.29. The molecule has 2 unspecified atom stereocenters. The van der Waals surface area contributed by atoms with E-state index >= 15 is 0 Å². The number of aliphatic hydroxyl groups excluding tert-OH is 1. The number of thiophene rings is 1. The molecule has 0 saturated heterocycles. The SMILES string of the molecule is Cc1cc(C2CCC(O)C2)cs1. The lowest BCUT2D eigenvalue weighted by molar-refractivity contribution is 0.181. The quantitative estimate of drug-likeness (QED) is 0.708. The van der Waals surface area contributed by atoms with Crippen LogP contribution >= 0.6 is 11.3 Å². The standard InChI is InChI=1S/C10H14OS/c1-7-4-9(6-12-7)8-2-3-10(11)5-8/h4,6,8,10-11H,2-3,5H2,1H3. The molecule has 1 saturated carbocycles. The fourth-order valence-electron chi connectivity index (χ4n) is 1.94. The van der Waals surface area contributed by atoms with Gasteiger partial charge in [0.2, 0.25) is 0 Å².